The third-order valence-corrected chi connectivity index (χ3v) is 4.63. The molecule has 0 aliphatic heterocycles. The molecular formula is C19H16F4N4. The monoisotopic (exact) mass is 376 g/mol. The van der Waals surface area contributed by atoms with Crippen molar-refractivity contribution in [2.24, 2.45) is 7.05 Å². The molecule has 0 spiro atoms. The van der Waals surface area contributed by atoms with Crippen molar-refractivity contribution in [3.8, 4) is 0 Å². The molecule has 0 atom stereocenters. The number of hydrogen-bond acceptors (Lipinski definition) is 2. The van der Waals surface area contributed by atoms with Gasteiger partial charge in [0.25, 0.3) is 0 Å². The number of hydrogen-bond donors (Lipinski definition) is 2. The van der Waals surface area contributed by atoms with E-state index in [1.807, 2.05) is 32.0 Å². The molecule has 0 bridgehead atoms. The van der Waals surface area contributed by atoms with Gasteiger partial charge in [0.1, 0.15) is 11.3 Å². The van der Waals surface area contributed by atoms with Crippen LogP contribution in [0.25, 0.3) is 21.9 Å². The van der Waals surface area contributed by atoms with Crippen LogP contribution in [0, 0.1) is 19.7 Å². The fourth-order valence-electron chi connectivity index (χ4n) is 3.29. The zero-order valence-corrected chi connectivity index (χ0v) is 14.8. The van der Waals surface area contributed by atoms with E-state index in [1.165, 1.54) is 4.57 Å². The number of imidazole rings is 1. The number of aryl methyl sites for hydroxylation is 3. The van der Waals surface area contributed by atoms with Gasteiger partial charge in [0, 0.05) is 23.6 Å². The lowest BCUT2D eigenvalue weighted by Crippen LogP contribution is -2.06. The number of nitrogens with one attached hydrogen (secondary N) is 2. The van der Waals surface area contributed by atoms with E-state index in [-0.39, 0.29) is 17.0 Å². The van der Waals surface area contributed by atoms with Gasteiger partial charge < -0.3 is 14.9 Å². The summed E-state index contributed by atoms with van der Waals surface area (Å²) in [6, 6.07) is 7.27. The number of aromatic amines is 1. The van der Waals surface area contributed by atoms with Crippen LogP contribution < -0.4 is 5.32 Å². The molecule has 0 saturated heterocycles. The minimum atomic E-state index is -4.63. The van der Waals surface area contributed by atoms with Crippen LogP contribution in [-0.4, -0.2) is 14.5 Å². The molecule has 0 radical (unpaired) electrons. The number of fused-ring (bicyclic) bond motifs is 2. The number of halogens is 4. The van der Waals surface area contributed by atoms with Gasteiger partial charge >= 0.3 is 6.18 Å². The van der Waals surface area contributed by atoms with Crippen LogP contribution in [0.4, 0.5) is 29.2 Å². The molecule has 27 heavy (non-hydrogen) atoms. The number of alkyl halides is 3. The fourth-order valence-corrected chi connectivity index (χ4v) is 3.29. The van der Waals surface area contributed by atoms with Gasteiger partial charge in [0.2, 0.25) is 5.95 Å². The van der Waals surface area contributed by atoms with E-state index in [0.29, 0.717) is 6.07 Å². The highest BCUT2D eigenvalue weighted by Gasteiger charge is 2.32. The molecule has 4 rings (SSSR count). The van der Waals surface area contributed by atoms with Crippen molar-refractivity contribution in [3.05, 3.63) is 53.0 Å². The van der Waals surface area contributed by atoms with E-state index in [2.05, 4.69) is 15.3 Å². The Hall–Kier alpha value is -3.03. The molecule has 2 N–H and O–H groups in total. The normalized spacial score (nSPS) is 12.3. The zero-order valence-electron chi connectivity index (χ0n) is 14.8. The molecule has 0 aliphatic carbocycles. The maximum absolute atomic E-state index is 14.3. The first kappa shape index (κ1) is 17.4. The van der Waals surface area contributed by atoms with E-state index in [9.17, 15) is 17.6 Å². The number of benzene rings is 2. The molecule has 8 heteroatoms. The Morgan fingerprint density at radius 2 is 1.85 bits per heavy atom. The standard InChI is InChI=1S/C19H16F4N4/c1-9-4-5-14-12(6-9)16(10(2)24-14)26-18-25-15-8-11(19(21,22)23)7-13(20)17(15)27(18)3/h4-8,24H,1-3H3,(H,25,26). The largest absolute Gasteiger partial charge is 0.416 e. The first-order chi connectivity index (χ1) is 12.6. The van der Waals surface area contributed by atoms with Crippen molar-refractivity contribution in [2.75, 3.05) is 5.32 Å². The lowest BCUT2D eigenvalue weighted by molar-refractivity contribution is -0.137. The van der Waals surface area contributed by atoms with Crippen molar-refractivity contribution >= 4 is 33.6 Å². The Kier molecular flexibility index (Phi) is 3.69. The molecule has 4 nitrogen and oxygen atoms in total. The summed E-state index contributed by atoms with van der Waals surface area (Å²) in [5.41, 5.74) is 2.49. The van der Waals surface area contributed by atoms with Crippen molar-refractivity contribution in [3.63, 3.8) is 0 Å². The molecule has 140 valence electrons. The lowest BCUT2D eigenvalue weighted by Gasteiger charge is -2.08. The van der Waals surface area contributed by atoms with Crippen LogP contribution in [0.3, 0.4) is 0 Å². The van der Waals surface area contributed by atoms with E-state index in [1.54, 1.807) is 7.05 Å². The topological polar surface area (TPSA) is 45.6 Å². The smallest absolute Gasteiger partial charge is 0.357 e. The highest BCUT2D eigenvalue weighted by Crippen LogP contribution is 2.35. The molecular weight excluding hydrogens is 360 g/mol. The zero-order chi connectivity index (χ0) is 19.5. The Bertz CT molecular complexity index is 1180. The SMILES string of the molecule is Cc1ccc2[nH]c(C)c(Nc3nc4cc(C(F)(F)F)cc(F)c4n3C)c2c1. The summed E-state index contributed by atoms with van der Waals surface area (Å²) >= 11 is 0. The molecule has 2 aromatic heterocycles. The number of H-pyrrole nitrogens is 1. The first-order valence-corrected chi connectivity index (χ1v) is 8.24. The second-order valence-electron chi connectivity index (χ2n) is 6.62. The Morgan fingerprint density at radius 3 is 2.56 bits per heavy atom. The summed E-state index contributed by atoms with van der Waals surface area (Å²) in [4.78, 5) is 7.44. The molecule has 0 amide bonds. The van der Waals surface area contributed by atoms with E-state index in [0.717, 1.165) is 33.9 Å². The van der Waals surface area contributed by atoms with Crippen LogP contribution >= 0.6 is 0 Å². The second kappa shape index (κ2) is 5.73. The summed E-state index contributed by atoms with van der Waals surface area (Å²) < 4.78 is 54.6. The predicted octanol–water partition coefficient (Wildman–Crippen LogP) is 5.57. The quantitative estimate of drug-likeness (QED) is 0.449. The van der Waals surface area contributed by atoms with Gasteiger partial charge in [-0.15, -0.1) is 0 Å². The average Bonchev–Trinajstić information content (AvgIpc) is 3.05. The van der Waals surface area contributed by atoms with Crippen LogP contribution in [0.2, 0.25) is 0 Å². The molecule has 2 heterocycles. The molecule has 0 fully saturated rings. The minimum absolute atomic E-state index is 0.0131. The van der Waals surface area contributed by atoms with E-state index >= 15 is 0 Å². The lowest BCUT2D eigenvalue weighted by atomic mass is 10.1. The molecule has 0 aliphatic rings. The Balaban J connectivity index is 1.86. The third kappa shape index (κ3) is 2.81. The maximum Gasteiger partial charge on any atom is 0.416 e. The molecule has 0 unspecified atom stereocenters. The van der Waals surface area contributed by atoms with Crippen molar-refractivity contribution in [1.29, 1.82) is 0 Å². The predicted molar refractivity (Wildman–Crippen MR) is 96.7 cm³/mol. The average molecular weight is 376 g/mol. The minimum Gasteiger partial charge on any atom is -0.357 e. The number of nitrogens with zero attached hydrogens (tertiary/aromatic N) is 2. The first-order valence-electron chi connectivity index (χ1n) is 8.24. The van der Waals surface area contributed by atoms with Crippen molar-refractivity contribution < 1.29 is 17.6 Å². The molecule has 4 aromatic rings. The summed E-state index contributed by atoms with van der Waals surface area (Å²) in [7, 11) is 1.56. The van der Waals surface area contributed by atoms with Crippen LogP contribution in [-0.2, 0) is 13.2 Å². The Labute approximate surface area is 151 Å². The maximum atomic E-state index is 14.3. The van der Waals surface area contributed by atoms with Gasteiger partial charge in [0.05, 0.1) is 16.8 Å². The van der Waals surface area contributed by atoms with Crippen LogP contribution in [0.15, 0.2) is 30.3 Å². The van der Waals surface area contributed by atoms with Gasteiger partial charge in [-0.3, -0.25) is 0 Å². The summed E-state index contributed by atoms with van der Waals surface area (Å²) in [6.07, 6.45) is -4.63. The van der Waals surface area contributed by atoms with Gasteiger partial charge in [-0.25, -0.2) is 9.37 Å². The molecule has 0 saturated carbocycles. The third-order valence-electron chi connectivity index (χ3n) is 4.63. The second-order valence-corrected chi connectivity index (χ2v) is 6.62. The summed E-state index contributed by atoms with van der Waals surface area (Å²) in [5, 5.41) is 4.07. The number of rotatable bonds is 2. The van der Waals surface area contributed by atoms with Gasteiger partial charge in [-0.2, -0.15) is 13.2 Å². The summed E-state index contributed by atoms with van der Waals surface area (Å²) in [6.45, 7) is 3.84. The van der Waals surface area contributed by atoms with Crippen LogP contribution in [0.1, 0.15) is 16.8 Å². The molecule has 2 aromatic carbocycles. The number of anilines is 2. The van der Waals surface area contributed by atoms with E-state index in [4.69, 9.17) is 0 Å². The van der Waals surface area contributed by atoms with Crippen molar-refractivity contribution in [2.45, 2.75) is 20.0 Å². The van der Waals surface area contributed by atoms with Crippen molar-refractivity contribution in [1.82, 2.24) is 14.5 Å². The summed E-state index contributed by atoms with van der Waals surface area (Å²) in [5.74, 6) is -0.705. The van der Waals surface area contributed by atoms with E-state index < -0.39 is 17.6 Å². The highest BCUT2D eigenvalue weighted by molar-refractivity contribution is 5.96. The number of aromatic nitrogens is 3. The highest BCUT2D eigenvalue weighted by atomic mass is 19.4. The van der Waals surface area contributed by atoms with Gasteiger partial charge in [-0.05, 0) is 38.1 Å². The fraction of sp³-hybridized carbons (Fsp3) is 0.211. The van der Waals surface area contributed by atoms with Gasteiger partial charge in [-0.1, -0.05) is 11.6 Å². The van der Waals surface area contributed by atoms with Crippen LogP contribution in [0.5, 0.6) is 0 Å². The van der Waals surface area contributed by atoms with Gasteiger partial charge in [0.15, 0.2) is 0 Å². The Morgan fingerprint density at radius 1 is 1.11 bits per heavy atom.